The first-order valence-corrected chi connectivity index (χ1v) is 12.2. The van der Waals surface area contributed by atoms with Crippen LogP contribution in [0.3, 0.4) is 0 Å². The average molecular weight is 453 g/mol. The van der Waals surface area contributed by atoms with Gasteiger partial charge in [-0.15, -0.1) is 0 Å². The Morgan fingerprint density at radius 3 is 2.00 bits per heavy atom. The highest BCUT2D eigenvalue weighted by atomic mass is 16.5. The molecule has 0 saturated heterocycles. The molecule has 0 aromatic heterocycles. The maximum atomic E-state index is 12.8. The summed E-state index contributed by atoms with van der Waals surface area (Å²) >= 11 is 0. The molecule has 0 atom stereocenters. The van der Waals surface area contributed by atoms with Crippen LogP contribution in [0.15, 0.2) is 42.5 Å². The molecule has 0 aliphatic heterocycles. The summed E-state index contributed by atoms with van der Waals surface area (Å²) in [6, 6.07) is 11.3. The van der Waals surface area contributed by atoms with Crippen molar-refractivity contribution in [2.45, 2.75) is 72.6 Å². The number of benzene rings is 2. The van der Waals surface area contributed by atoms with Crippen LogP contribution >= 0.6 is 0 Å². The quantitative estimate of drug-likeness (QED) is 0.178. The fourth-order valence-corrected chi connectivity index (χ4v) is 3.34. The molecule has 180 valence electrons. The predicted molar refractivity (Wildman–Crippen MR) is 137 cm³/mol. The number of ether oxygens (including phenoxy) is 3. The van der Waals surface area contributed by atoms with Crippen LogP contribution in [-0.4, -0.2) is 25.6 Å². The van der Waals surface area contributed by atoms with Gasteiger partial charge in [-0.1, -0.05) is 47.5 Å². The number of rotatable bonds is 13. The van der Waals surface area contributed by atoms with Crippen LogP contribution in [0.4, 0.5) is 0 Å². The summed E-state index contributed by atoms with van der Waals surface area (Å²) in [6.45, 7) is 14.7. The van der Waals surface area contributed by atoms with Crippen molar-refractivity contribution >= 4 is 11.9 Å². The van der Waals surface area contributed by atoms with Crippen molar-refractivity contribution in [3.63, 3.8) is 0 Å². The summed E-state index contributed by atoms with van der Waals surface area (Å²) in [6.07, 6.45) is 7.59. The van der Waals surface area contributed by atoms with E-state index in [1.165, 1.54) is 0 Å². The van der Waals surface area contributed by atoms with Crippen molar-refractivity contribution < 1.29 is 19.0 Å². The van der Waals surface area contributed by atoms with Crippen molar-refractivity contribution in [3.8, 4) is 17.2 Å². The van der Waals surface area contributed by atoms with E-state index in [2.05, 4.69) is 40.7 Å². The van der Waals surface area contributed by atoms with Crippen molar-refractivity contribution in [1.29, 1.82) is 0 Å². The summed E-state index contributed by atoms with van der Waals surface area (Å²) in [5, 5.41) is 0. The van der Waals surface area contributed by atoms with Gasteiger partial charge in [-0.3, -0.25) is 4.79 Å². The van der Waals surface area contributed by atoms with Crippen LogP contribution in [-0.2, 0) is 5.41 Å². The highest BCUT2D eigenvalue weighted by Gasteiger charge is 2.22. The minimum atomic E-state index is -0.106. The van der Waals surface area contributed by atoms with Crippen LogP contribution in [0.5, 0.6) is 17.2 Å². The smallest absolute Gasteiger partial charge is 0.185 e. The van der Waals surface area contributed by atoms with E-state index in [1.54, 1.807) is 18.2 Å². The van der Waals surface area contributed by atoms with E-state index >= 15 is 0 Å². The molecular formula is C29H40O4. The molecule has 0 heterocycles. The van der Waals surface area contributed by atoms with Crippen molar-refractivity contribution in [1.82, 2.24) is 0 Å². The molecule has 2 rings (SSSR count). The standard InChI is InChI=1S/C29H40O4/c1-7-10-18-32-27-21-28(33-19-11-8-2)25(29(4,5)6)20-23(27)14-17-26(30)22-12-15-24(16-13-22)31-9-3/h12-17,20-21H,7-11,18-19H2,1-6H3. The molecule has 0 unspecified atom stereocenters. The summed E-state index contributed by atoms with van der Waals surface area (Å²) in [4.78, 5) is 12.8. The lowest BCUT2D eigenvalue weighted by atomic mass is 9.85. The fourth-order valence-electron chi connectivity index (χ4n) is 3.34. The first-order chi connectivity index (χ1) is 15.8. The summed E-state index contributed by atoms with van der Waals surface area (Å²) in [5.74, 6) is 2.31. The predicted octanol–water partition coefficient (Wildman–Crippen LogP) is 7.64. The van der Waals surface area contributed by atoms with Gasteiger partial charge >= 0.3 is 0 Å². The number of allylic oxidation sites excluding steroid dienone is 1. The average Bonchev–Trinajstić information content (AvgIpc) is 2.78. The van der Waals surface area contributed by atoms with Gasteiger partial charge in [0.25, 0.3) is 0 Å². The Bertz CT molecular complexity index is 904. The third-order valence-corrected chi connectivity index (χ3v) is 5.30. The molecule has 0 radical (unpaired) electrons. The van der Waals surface area contributed by atoms with Crippen molar-refractivity contribution in [3.05, 3.63) is 59.2 Å². The highest BCUT2D eigenvalue weighted by molar-refractivity contribution is 6.07. The molecule has 0 saturated carbocycles. The minimum absolute atomic E-state index is 0.0573. The third kappa shape index (κ3) is 8.27. The van der Waals surface area contributed by atoms with Gasteiger partial charge in [-0.2, -0.15) is 0 Å². The molecular weight excluding hydrogens is 412 g/mol. The first-order valence-electron chi connectivity index (χ1n) is 12.2. The second-order valence-corrected chi connectivity index (χ2v) is 9.20. The number of carbonyl (C=O) groups is 1. The second kappa shape index (κ2) is 13.1. The van der Waals surface area contributed by atoms with E-state index in [4.69, 9.17) is 14.2 Å². The summed E-state index contributed by atoms with van der Waals surface area (Å²) < 4.78 is 17.7. The van der Waals surface area contributed by atoms with Crippen molar-refractivity contribution in [2.24, 2.45) is 0 Å². The van der Waals surface area contributed by atoms with Crippen molar-refractivity contribution in [2.75, 3.05) is 19.8 Å². The summed E-state index contributed by atoms with van der Waals surface area (Å²) in [7, 11) is 0. The van der Waals surface area contributed by atoms with E-state index < -0.39 is 0 Å². The van der Waals surface area contributed by atoms with E-state index in [0.29, 0.717) is 25.4 Å². The SMILES string of the molecule is CCCCOc1cc(OCCCC)c(C(C)(C)C)cc1C=CC(=O)c1ccc(OCC)cc1. The third-order valence-electron chi connectivity index (χ3n) is 5.30. The molecule has 0 aliphatic carbocycles. The van der Waals surface area contributed by atoms with Crippen LogP contribution < -0.4 is 14.2 Å². The molecule has 0 fully saturated rings. The van der Waals surface area contributed by atoms with Gasteiger partial charge in [0, 0.05) is 22.8 Å². The number of hydrogen-bond acceptors (Lipinski definition) is 4. The second-order valence-electron chi connectivity index (χ2n) is 9.20. The van der Waals surface area contributed by atoms with E-state index in [1.807, 2.05) is 31.2 Å². The van der Waals surface area contributed by atoms with Gasteiger partial charge in [-0.05, 0) is 67.7 Å². The lowest BCUT2D eigenvalue weighted by Gasteiger charge is -2.25. The lowest BCUT2D eigenvalue weighted by Crippen LogP contribution is -2.15. The Hall–Kier alpha value is -2.75. The molecule has 0 amide bonds. The first kappa shape index (κ1) is 26.5. The highest BCUT2D eigenvalue weighted by Crippen LogP contribution is 2.38. The normalized spacial score (nSPS) is 11.6. The molecule has 0 bridgehead atoms. The molecule has 4 heteroatoms. The van der Waals surface area contributed by atoms with Gasteiger partial charge in [0.15, 0.2) is 5.78 Å². The number of carbonyl (C=O) groups excluding carboxylic acids is 1. The Labute approximate surface area is 200 Å². The minimum Gasteiger partial charge on any atom is -0.494 e. The van der Waals surface area contributed by atoms with Gasteiger partial charge in [0.1, 0.15) is 17.2 Å². The maximum absolute atomic E-state index is 12.8. The van der Waals surface area contributed by atoms with Crippen LogP contribution in [0.25, 0.3) is 6.08 Å². The van der Waals surface area contributed by atoms with Gasteiger partial charge < -0.3 is 14.2 Å². The largest absolute Gasteiger partial charge is 0.494 e. The number of hydrogen-bond donors (Lipinski definition) is 0. The zero-order valence-electron chi connectivity index (χ0n) is 21.2. The zero-order valence-corrected chi connectivity index (χ0v) is 21.2. The molecule has 4 nitrogen and oxygen atoms in total. The van der Waals surface area contributed by atoms with E-state index in [0.717, 1.165) is 54.1 Å². The zero-order chi connectivity index (χ0) is 24.3. The number of ketones is 1. The Kier molecular flexibility index (Phi) is 10.5. The van der Waals surface area contributed by atoms with Crippen LogP contribution in [0, 0.1) is 0 Å². The topological polar surface area (TPSA) is 44.8 Å². The van der Waals surface area contributed by atoms with Gasteiger partial charge in [0.05, 0.1) is 19.8 Å². The van der Waals surface area contributed by atoms with Crippen LogP contribution in [0.1, 0.15) is 88.7 Å². The number of unbranched alkanes of at least 4 members (excludes halogenated alkanes) is 2. The van der Waals surface area contributed by atoms with E-state index in [9.17, 15) is 4.79 Å². The molecule has 33 heavy (non-hydrogen) atoms. The van der Waals surface area contributed by atoms with E-state index in [-0.39, 0.29) is 11.2 Å². The molecule has 2 aromatic carbocycles. The molecule has 0 spiro atoms. The summed E-state index contributed by atoms with van der Waals surface area (Å²) in [5.41, 5.74) is 2.51. The van der Waals surface area contributed by atoms with Gasteiger partial charge in [-0.25, -0.2) is 0 Å². The molecule has 0 N–H and O–H groups in total. The van der Waals surface area contributed by atoms with Gasteiger partial charge in [0.2, 0.25) is 0 Å². The van der Waals surface area contributed by atoms with Crippen LogP contribution in [0.2, 0.25) is 0 Å². The molecule has 2 aromatic rings. The maximum Gasteiger partial charge on any atom is 0.185 e. The Balaban J connectivity index is 2.37. The lowest BCUT2D eigenvalue weighted by molar-refractivity contribution is 0.104. The monoisotopic (exact) mass is 452 g/mol. The molecule has 0 aliphatic rings. The fraction of sp³-hybridized carbons (Fsp3) is 0.483. The Morgan fingerprint density at radius 1 is 0.848 bits per heavy atom. The Morgan fingerprint density at radius 2 is 1.45 bits per heavy atom.